The fourth-order valence-corrected chi connectivity index (χ4v) is 5.11. The van der Waals surface area contributed by atoms with Gasteiger partial charge < -0.3 is 20.5 Å². The van der Waals surface area contributed by atoms with Gasteiger partial charge in [0.05, 0.1) is 0 Å². The lowest BCUT2D eigenvalue weighted by atomic mass is 9.78. The molecule has 1 aliphatic rings. The van der Waals surface area contributed by atoms with Gasteiger partial charge in [0.2, 0.25) is 5.91 Å². The van der Waals surface area contributed by atoms with Gasteiger partial charge in [-0.15, -0.1) is 0 Å². The highest BCUT2D eigenvalue weighted by atomic mass is 19.1. The van der Waals surface area contributed by atoms with Gasteiger partial charge in [0.1, 0.15) is 17.2 Å². The number of hydrogen-bond donors (Lipinski definition) is 4. The lowest BCUT2D eigenvalue weighted by Gasteiger charge is -2.37. The Morgan fingerprint density at radius 1 is 1.10 bits per heavy atom. The maximum Gasteiger partial charge on any atom is 0.273 e. The number of carbonyl (C=O) groups excluding carboxylic acids is 3. The number of aromatic nitrogens is 1. The van der Waals surface area contributed by atoms with Crippen LogP contribution in [0, 0.1) is 23.1 Å². The number of nitrogens with zero attached hydrogens (tertiary/aromatic N) is 1. The number of halogens is 1. The second kappa shape index (κ2) is 12.4. The number of amides is 3. The zero-order chi connectivity index (χ0) is 28.8. The lowest BCUT2D eigenvalue weighted by molar-refractivity contribution is -0.112. The third-order valence-electron chi connectivity index (χ3n) is 6.95. The first-order chi connectivity index (χ1) is 19.2. The van der Waals surface area contributed by atoms with E-state index in [-0.39, 0.29) is 41.7 Å². The van der Waals surface area contributed by atoms with E-state index < -0.39 is 5.91 Å². The lowest BCUT2D eigenvalue weighted by Crippen LogP contribution is -2.45. The van der Waals surface area contributed by atoms with E-state index in [9.17, 15) is 18.8 Å². The minimum Gasteiger partial charge on any atom is -0.357 e. The molecular formula is C31H32FN5O3. The Bertz CT molecular complexity index is 1440. The van der Waals surface area contributed by atoms with Crippen molar-refractivity contribution in [2.24, 2.45) is 11.8 Å². The molecule has 1 aromatic heterocycles. The van der Waals surface area contributed by atoms with Crippen LogP contribution in [0.2, 0.25) is 0 Å². The molecule has 3 amide bonds. The van der Waals surface area contributed by atoms with Crippen molar-refractivity contribution in [3.63, 3.8) is 0 Å². The summed E-state index contributed by atoms with van der Waals surface area (Å²) in [6, 6.07) is 16.3. The first-order valence-electron chi connectivity index (χ1n) is 13.0. The van der Waals surface area contributed by atoms with Crippen LogP contribution in [-0.4, -0.2) is 46.4 Å². The van der Waals surface area contributed by atoms with Crippen molar-refractivity contribution in [3.8, 4) is 0 Å². The Morgan fingerprint density at radius 2 is 1.75 bits per heavy atom. The summed E-state index contributed by atoms with van der Waals surface area (Å²) in [7, 11) is 0. The summed E-state index contributed by atoms with van der Waals surface area (Å²) >= 11 is 0. The molecule has 3 aromatic rings. The zero-order valence-corrected chi connectivity index (χ0v) is 22.5. The molecular weight excluding hydrogens is 509 g/mol. The SMILES string of the molecule is C=CC(=O)Nc1ccc(NC(=O)C(=N)C2=C([C@H](C)Cc3ccc(F)cc3)C(C)CN(C(=O)c3ccc[nH]3)C2)cc1. The van der Waals surface area contributed by atoms with Crippen LogP contribution in [0.4, 0.5) is 15.8 Å². The fourth-order valence-electron chi connectivity index (χ4n) is 5.11. The van der Waals surface area contributed by atoms with Gasteiger partial charge in [-0.1, -0.05) is 38.1 Å². The predicted molar refractivity (Wildman–Crippen MR) is 154 cm³/mol. The molecule has 2 heterocycles. The van der Waals surface area contributed by atoms with E-state index in [1.807, 2.05) is 13.8 Å². The summed E-state index contributed by atoms with van der Waals surface area (Å²) in [5, 5.41) is 14.3. The van der Waals surface area contributed by atoms with Gasteiger partial charge in [0.25, 0.3) is 11.8 Å². The van der Waals surface area contributed by atoms with Crippen molar-refractivity contribution in [1.82, 2.24) is 9.88 Å². The van der Waals surface area contributed by atoms with E-state index in [2.05, 4.69) is 22.2 Å². The topological polar surface area (TPSA) is 118 Å². The van der Waals surface area contributed by atoms with Crippen LogP contribution in [0.15, 0.2) is 90.7 Å². The van der Waals surface area contributed by atoms with Gasteiger partial charge in [0.15, 0.2) is 0 Å². The standard InChI is InChI=1S/C31H32FN5O3/c1-4-27(38)35-23-11-13-24(14-12-23)36-30(39)29(33)25-18-37(31(40)26-6-5-15-34-26)17-20(3)28(25)19(2)16-21-7-9-22(32)10-8-21/h4-15,19-20,33-34H,1,16-18H2,2-3H3,(H,35,38)(H,36,39)/t19-,20?/m1/s1. The molecule has 2 atom stereocenters. The smallest absolute Gasteiger partial charge is 0.273 e. The average molecular weight is 542 g/mol. The molecule has 4 N–H and O–H groups in total. The summed E-state index contributed by atoms with van der Waals surface area (Å²) in [5.41, 5.74) is 3.59. The number of anilines is 2. The maximum atomic E-state index is 13.5. The van der Waals surface area contributed by atoms with Gasteiger partial charge >= 0.3 is 0 Å². The van der Waals surface area contributed by atoms with E-state index in [0.717, 1.165) is 17.2 Å². The largest absolute Gasteiger partial charge is 0.357 e. The summed E-state index contributed by atoms with van der Waals surface area (Å²) in [6.07, 6.45) is 3.44. The van der Waals surface area contributed by atoms with Crippen molar-refractivity contribution in [1.29, 1.82) is 5.41 Å². The normalized spacial score (nSPS) is 15.8. The Labute approximate surface area is 232 Å². The van der Waals surface area contributed by atoms with E-state index in [1.54, 1.807) is 59.6 Å². The average Bonchev–Trinajstić information content (AvgIpc) is 3.49. The molecule has 2 aromatic carbocycles. The van der Waals surface area contributed by atoms with E-state index >= 15 is 0 Å². The molecule has 0 bridgehead atoms. The molecule has 0 aliphatic carbocycles. The van der Waals surface area contributed by atoms with Crippen molar-refractivity contribution in [2.45, 2.75) is 20.3 Å². The van der Waals surface area contributed by atoms with Crippen molar-refractivity contribution < 1.29 is 18.8 Å². The van der Waals surface area contributed by atoms with Crippen LogP contribution < -0.4 is 10.6 Å². The van der Waals surface area contributed by atoms with Crippen LogP contribution in [-0.2, 0) is 16.0 Å². The third-order valence-corrected chi connectivity index (χ3v) is 6.95. The minimum absolute atomic E-state index is 0.0564. The molecule has 40 heavy (non-hydrogen) atoms. The molecule has 0 saturated carbocycles. The predicted octanol–water partition coefficient (Wildman–Crippen LogP) is 5.20. The second-order valence-electron chi connectivity index (χ2n) is 9.94. The van der Waals surface area contributed by atoms with Crippen molar-refractivity contribution in [2.75, 3.05) is 23.7 Å². The van der Waals surface area contributed by atoms with Gasteiger partial charge in [-0.25, -0.2) is 4.39 Å². The molecule has 0 radical (unpaired) electrons. The third kappa shape index (κ3) is 6.61. The van der Waals surface area contributed by atoms with Gasteiger partial charge in [-0.2, -0.15) is 0 Å². The van der Waals surface area contributed by atoms with Crippen LogP contribution in [0.25, 0.3) is 0 Å². The van der Waals surface area contributed by atoms with E-state index in [0.29, 0.717) is 35.6 Å². The number of rotatable bonds is 9. The first-order valence-corrected chi connectivity index (χ1v) is 13.0. The first kappa shape index (κ1) is 28.2. The van der Waals surface area contributed by atoms with Crippen LogP contribution in [0.1, 0.15) is 29.9 Å². The number of benzene rings is 2. The molecule has 1 aliphatic heterocycles. The summed E-state index contributed by atoms with van der Waals surface area (Å²) in [5.74, 6) is -1.64. The molecule has 4 rings (SSSR count). The number of nitrogens with one attached hydrogen (secondary N) is 4. The molecule has 0 spiro atoms. The summed E-state index contributed by atoms with van der Waals surface area (Å²) in [6.45, 7) is 8.00. The van der Waals surface area contributed by atoms with Crippen molar-refractivity contribution in [3.05, 3.63) is 108 Å². The Kier molecular flexibility index (Phi) is 8.73. The molecule has 0 fully saturated rings. The van der Waals surface area contributed by atoms with Gasteiger partial charge in [0, 0.05) is 36.2 Å². The van der Waals surface area contributed by atoms with Crippen LogP contribution >= 0.6 is 0 Å². The Balaban J connectivity index is 1.60. The van der Waals surface area contributed by atoms with Gasteiger partial charge in [-0.05, 0) is 78.4 Å². The highest BCUT2D eigenvalue weighted by Gasteiger charge is 2.34. The second-order valence-corrected chi connectivity index (χ2v) is 9.94. The van der Waals surface area contributed by atoms with Crippen molar-refractivity contribution >= 4 is 34.8 Å². The molecule has 206 valence electrons. The summed E-state index contributed by atoms with van der Waals surface area (Å²) < 4.78 is 13.5. The molecule has 9 heteroatoms. The quantitative estimate of drug-likeness (QED) is 0.220. The summed E-state index contributed by atoms with van der Waals surface area (Å²) in [4.78, 5) is 42.6. The van der Waals surface area contributed by atoms with Crippen LogP contribution in [0.5, 0.6) is 0 Å². The number of H-pyrrole nitrogens is 1. The number of aromatic amines is 1. The highest BCUT2D eigenvalue weighted by Crippen LogP contribution is 2.33. The Morgan fingerprint density at radius 3 is 2.35 bits per heavy atom. The number of carbonyl (C=O) groups is 3. The van der Waals surface area contributed by atoms with Gasteiger partial charge in [-0.3, -0.25) is 19.8 Å². The zero-order valence-electron chi connectivity index (χ0n) is 22.5. The Hall–Kier alpha value is -4.79. The molecule has 1 unspecified atom stereocenters. The van der Waals surface area contributed by atoms with E-state index in [4.69, 9.17) is 5.41 Å². The van der Waals surface area contributed by atoms with E-state index in [1.165, 1.54) is 12.1 Å². The minimum atomic E-state index is -0.606. The van der Waals surface area contributed by atoms with Crippen LogP contribution in [0.3, 0.4) is 0 Å². The maximum absolute atomic E-state index is 13.5. The molecule has 8 nitrogen and oxygen atoms in total. The number of hydrogen-bond acceptors (Lipinski definition) is 4. The molecule has 0 saturated heterocycles. The monoisotopic (exact) mass is 541 g/mol. The highest BCUT2D eigenvalue weighted by molar-refractivity contribution is 6.48. The fraction of sp³-hybridized carbons (Fsp3) is 0.226.